The van der Waals surface area contributed by atoms with Crippen LogP contribution in [0.1, 0.15) is 55.7 Å². The highest BCUT2D eigenvalue weighted by Gasteiger charge is 2.39. The molecule has 1 fully saturated rings. The molecule has 1 aromatic carbocycles. The number of piperazine rings is 1. The summed E-state index contributed by atoms with van der Waals surface area (Å²) >= 11 is 0. The van der Waals surface area contributed by atoms with Gasteiger partial charge in [0, 0.05) is 5.52 Å². The zero-order chi connectivity index (χ0) is 22.3. The third-order valence-electron chi connectivity index (χ3n) is 7.14. The van der Waals surface area contributed by atoms with E-state index >= 15 is 0 Å². The summed E-state index contributed by atoms with van der Waals surface area (Å²) in [6.45, 7) is 14.7. The molecular weight excluding hydrogens is 390 g/mol. The zero-order valence-corrected chi connectivity index (χ0v) is 19.5. The lowest BCUT2D eigenvalue weighted by Crippen LogP contribution is -3.27. The third kappa shape index (κ3) is 4.02. The molecule has 1 saturated heterocycles. The van der Waals surface area contributed by atoms with Gasteiger partial charge in [0.15, 0.2) is 6.04 Å². The van der Waals surface area contributed by atoms with Crippen molar-refractivity contribution in [2.45, 2.75) is 52.6 Å². The van der Waals surface area contributed by atoms with E-state index in [4.69, 9.17) is 0 Å². The normalized spacial score (nSPS) is 20.8. The fourth-order valence-corrected chi connectivity index (χ4v) is 4.49. The van der Waals surface area contributed by atoms with Crippen LogP contribution >= 0.6 is 0 Å². The standard InChI is InChI=1S/C23H33N7O/c1-7-23(4,5)30-21(25-26-27-30)20(29-10-8-28(6)9-11-29)18-14-17-12-15(2)16(3)13-19(17)24-22(18)31/h12-14,20H,7-11H2,1-6H3,(H,24,31)/p+2/t20-/m1/s1. The van der Waals surface area contributed by atoms with Gasteiger partial charge < -0.3 is 14.8 Å². The Labute approximate surface area is 183 Å². The van der Waals surface area contributed by atoms with Gasteiger partial charge in [-0.1, -0.05) is 6.92 Å². The van der Waals surface area contributed by atoms with Gasteiger partial charge in [0.2, 0.25) is 5.82 Å². The van der Waals surface area contributed by atoms with Crippen molar-refractivity contribution in [3.05, 3.63) is 51.1 Å². The molecule has 8 nitrogen and oxygen atoms in total. The Morgan fingerprint density at radius 2 is 1.81 bits per heavy atom. The van der Waals surface area contributed by atoms with Crippen LogP contribution in [0.3, 0.4) is 0 Å². The number of pyridine rings is 1. The molecule has 1 aliphatic rings. The molecule has 1 aliphatic heterocycles. The van der Waals surface area contributed by atoms with Gasteiger partial charge in [-0.2, -0.15) is 0 Å². The number of tetrazole rings is 1. The molecule has 166 valence electrons. The van der Waals surface area contributed by atoms with Crippen LogP contribution in [-0.2, 0) is 5.54 Å². The highest BCUT2D eigenvalue weighted by atomic mass is 16.1. The monoisotopic (exact) mass is 425 g/mol. The van der Waals surface area contributed by atoms with E-state index < -0.39 is 0 Å². The minimum atomic E-state index is -0.230. The van der Waals surface area contributed by atoms with E-state index in [1.165, 1.54) is 20.9 Å². The van der Waals surface area contributed by atoms with Crippen molar-refractivity contribution in [3.63, 3.8) is 0 Å². The summed E-state index contributed by atoms with van der Waals surface area (Å²) in [5, 5.41) is 13.9. The van der Waals surface area contributed by atoms with E-state index in [-0.39, 0.29) is 17.1 Å². The number of aromatic amines is 1. The average molecular weight is 426 g/mol. The largest absolute Gasteiger partial charge is 0.328 e. The van der Waals surface area contributed by atoms with E-state index in [1.807, 2.05) is 4.68 Å². The average Bonchev–Trinajstić information content (AvgIpc) is 3.22. The van der Waals surface area contributed by atoms with E-state index in [0.717, 1.165) is 54.9 Å². The topological polar surface area (TPSA) is 85.3 Å². The van der Waals surface area contributed by atoms with Crippen molar-refractivity contribution >= 4 is 10.9 Å². The fraction of sp³-hybridized carbons (Fsp3) is 0.565. The molecule has 0 unspecified atom stereocenters. The van der Waals surface area contributed by atoms with Gasteiger partial charge in [-0.3, -0.25) is 4.79 Å². The van der Waals surface area contributed by atoms with Crippen molar-refractivity contribution in [1.82, 2.24) is 25.2 Å². The molecule has 0 spiro atoms. The molecule has 3 aromatic rings. The van der Waals surface area contributed by atoms with Crippen molar-refractivity contribution < 1.29 is 9.80 Å². The van der Waals surface area contributed by atoms with E-state index in [9.17, 15) is 4.79 Å². The SMILES string of the molecule is CCC(C)(C)n1nnnc1[C@@H](c1cc2cc(C)c(C)cc2[nH]c1=O)[NH+]1CC[NH+](C)CC1. The molecule has 0 aliphatic carbocycles. The highest BCUT2D eigenvalue weighted by molar-refractivity contribution is 5.80. The Morgan fingerprint density at radius 3 is 2.48 bits per heavy atom. The van der Waals surface area contributed by atoms with Crippen LogP contribution in [-0.4, -0.2) is 58.4 Å². The third-order valence-corrected chi connectivity index (χ3v) is 7.14. The van der Waals surface area contributed by atoms with Crippen molar-refractivity contribution in [1.29, 1.82) is 0 Å². The molecular formula is C23H35N7O+2. The van der Waals surface area contributed by atoms with Crippen LogP contribution in [0, 0.1) is 13.8 Å². The first-order chi connectivity index (χ1) is 14.7. The second-order valence-electron chi connectivity index (χ2n) is 9.74. The lowest BCUT2D eigenvalue weighted by atomic mass is 9.98. The number of nitrogens with zero attached hydrogens (tertiary/aromatic N) is 4. The van der Waals surface area contributed by atoms with Gasteiger partial charge in [0.05, 0.1) is 18.2 Å². The van der Waals surface area contributed by atoms with Crippen LogP contribution in [0.25, 0.3) is 10.9 Å². The predicted octanol–water partition coefficient (Wildman–Crippen LogP) is -0.221. The predicted molar refractivity (Wildman–Crippen MR) is 121 cm³/mol. The van der Waals surface area contributed by atoms with Gasteiger partial charge in [0.25, 0.3) is 5.56 Å². The summed E-state index contributed by atoms with van der Waals surface area (Å²) < 4.78 is 1.93. The number of likely N-dealkylation sites (N-methyl/N-ethyl adjacent to an activating group) is 1. The molecule has 4 rings (SSSR count). The molecule has 0 saturated carbocycles. The Balaban J connectivity index is 1.90. The summed E-state index contributed by atoms with van der Waals surface area (Å²) in [5.74, 6) is 0.773. The number of benzene rings is 1. The quantitative estimate of drug-likeness (QED) is 0.528. The molecule has 31 heavy (non-hydrogen) atoms. The number of quaternary nitrogens is 2. The number of aryl methyl sites for hydroxylation is 2. The molecule has 3 heterocycles. The van der Waals surface area contributed by atoms with Crippen LogP contribution in [0.15, 0.2) is 23.0 Å². The number of nitrogens with one attached hydrogen (secondary N) is 3. The first-order valence-corrected chi connectivity index (χ1v) is 11.3. The minimum Gasteiger partial charge on any atom is -0.328 e. The lowest BCUT2D eigenvalue weighted by molar-refractivity contribution is -1.02. The smallest absolute Gasteiger partial charge is 0.258 e. The number of fused-ring (bicyclic) bond motifs is 1. The first kappa shape index (κ1) is 21.6. The molecule has 8 heteroatoms. The van der Waals surface area contributed by atoms with Gasteiger partial charge in [-0.25, -0.2) is 4.68 Å². The zero-order valence-electron chi connectivity index (χ0n) is 19.5. The summed E-state index contributed by atoms with van der Waals surface area (Å²) in [6.07, 6.45) is 0.895. The molecule has 0 amide bonds. The fourth-order valence-electron chi connectivity index (χ4n) is 4.49. The van der Waals surface area contributed by atoms with Crippen molar-refractivity contribution in [3.8, 4) is 0 Å². The summed E-state index contributed by atoms with van der Waals surface area (Å²) in [4.78, 5) is 19.4. The van der Waals surface area contributed by atoms with E-state index in [1.54, 1.807) is 0 Å². The number of hydrogen-bond acceptors (Lipinski definition) is 4. The minimum absolute atomic E-state index is 0.0524. The lowest BCUT2D eigenvalue weighted by Gasteiger charge is -2.34. The molecule has 1 atom stereocenters. The number of rotatable bonds is 5. The molecule has 3 N–H and O–H groups in total. The number of hydrogen-bond donors (Lipinski definition) is 3. The highest BCUT2D eigenvalue weighted by Crippen LogP contribution is 2.25. The first-order valence-electron chi connectivity index (χ1n) is 11.3. The maximum atomic E-state index is 13.4. The van der Waals surface area contributed by atoms with Crippen molar-refractivity contribution in [2.75, 3.05) is 33.2 Å². The van der Waals surface area contributed by atoms with Crippen LogP contribution in [0.2, 0.25) is 0 Å². The number of H-pyrrole nitrogens is 1. The van der Waals surface area contributed by atoms with E-state index in [0.29, 0.717) is 0 Å². The van der Waals surface area contributed by atoms with Crippen LogP contribution in [0.4, 0.5) is 0 Å². The molecule has 0 radical (unpaired) electrons. The van der Waals surface area contributed by atoms with Crippen LogP contribution < -0.4 is 15.4 Å². The van der Waals surface area contributed by atoms with E-state index in [2.05, 4.69) is 80.4 Å². The summed E-state index contributed by atoms with van der Waals surface area (Å²) in [5.41, 5.74) is 3.73. The maximum Gasteiger partial charge on any atom is 0.258 e. The molecule has 2 aromatic heterocycles. The summed E-state index contributed by atoms with van der Waals surface area (Å²) in [7, 11) is 2.23. The summed E-state index contributed by atoms with van der Waals surface area (Å²) in [6, 6.07) is 6.07. The Hall–Kier alpha value is -2.58. The van der Waals surface area contributed by atoms with Crippen molar-refractivity contribution in [2.24, 2.45) is 0 Å². The Morgan fingerprint density at radius 1 is 1.13 bits per heavy atom. The van der Waals surface area contributed by atoms with Gasteiger partial charge >= 0.3 is 0 Å². The Bertz CT molecular complexity index is 1140. The number of aromatic nitrogens is 5. The molecule has 0 bridgehead atoms. The Kier molecular flexibility index (Phi) is 5.70. The second kappa shape index (κ2) is 8.16. The van der Waals surface area contributed by atoms with Gasteiger partial charge in [0.1, 0.15) is 26.2 Å². The second-order valence-corrected chi connectivity index (χ2v) is 9.74. The van der Waals surface area contributed by atoms with Crippen LogP contribution in [0.5, 0.6) is 0 Å². The van der Waals surface area contributed by atoms with Gasteiger partial charge in [-0.15, -0.1) is 5.10 Å². The van der Waals surface area contributed by atoms with Gasteiger partial charge in [-0.05, 0) is 79.3 Å². The maximum absolute atomic E-state index is 13.4.